The molecule has 1 heteroatoms. The molecule has 1 aliphatic rings. The Morgan fingerprint density at radius 2 is 1.63 bits per heavy atom. The highest BCUT2D eigenvalue weighted by Gasteiger charge is 2.09. The molecule has 19 heavy (non-hydrogen) atoms. The molecule has 0 amide bonds. The van der Waals surface area contributed by atoms with Crippen molar-refractivity contribution in [3.8, 4) is 0 Å². The lowest BCUT2D eigenvalue weighted by Crippen LogP contribution is -2.14. The van der Waals surface area contributed by atoms with Gasteiger partial charge in [0.1, 0.15) is 0 Å². The summed E-state index contributed by atoms with van der Waals surface area (Å²) in [6.07, 6.45) is 22.5. The van der Waals surface area contributed by atoms with Crippen molar-refractivity contribution in [2.45, 2.75) is 96.5 Å². The minimum atomic E-state index is 0.526. The molecule has 0 radical (unpaired) electrons. The van der Waals surface area contributed by atoms with Crippen LogP contribution >= 0.6 is 0 Å². The molecule has 0 aromatic rings. The van der Waals surface area contributed by atoms with Crippen molar-refractivity contribution in [3.63, 3.8) is 0 Å². The number of allylic oxidation sites excluding steroid dienone is 2. The maximum Gasteiger partial charge on any atom is 0.0578 e. The molecule has 0 spiro atoms. The molecule has 0 saturated carbocycles. The van der Waals surface area contributed by atoms with Crippen molar-refractivity contribution in [2.24, 2.45) is 0 Å². The maximum atomic E-state index is 6.03. The number of unbranched alkanes of at least 4 members (excludes halogenated alkanes) is 3. The van der Waals surface area contributed by atoms with Crippen molar-refractivity contribution in [1.29, 1.82) is 0 Å². The standard InChI is InChI=1S/C18H34O/c1-2-3-4-5-6-9-12-15-18-16-13-10-7-8-11-14-17-19-18/h6,9,18H,2-5,7-8,10-17H2,1H3/b9-6-. The van der Waals surface area contributed by atoms with E-state index in [9.17, 15) is 0 Å². The van der Waals surface area contributed by atoms with E-state index in [4.69, 9.17) is 4.74 Å². The molecule has 1 atom stereocenters. The number of rotatable bonds is 7. The van der Waals surface area contributed by atoms with Crippen molar-refractivity contribution >= 4 is 0 Å². The van der Waals surface area contributed by atoms with Crippen LogP contribution in [0.2, 0.25) is 0 Å². The molecule has 1 fully saturated rings. The topological polar surface area (TPSA) is 9.23 Å². The van der Waals surface area contributed by atoms with Crippen molar-refractivity contribution < 1.29 is 4.74 Å². The van der Waals surface area contributed by atoms with Gasteiger partial charge in [-0.2, -0.15) is 0 Å². The van der Waals surface area contributed by atoms with E-state index in [1.165, 1.54) is 83.5 Å². The quantitative estimate of drug-likeness (QED) is 0.403. The van der Waals surface area contributed by atoms with Gasteiger partial charge in [-0.25, -0.2) is 0 Å². The number of hydrogen-bond acceptors (Lipinski definition) is 1. The third kappa shape index (κ3) is 10.2. The fraction of sp³-hybridized carbons (Fsp3) is 0.889. The number of hydrogen-bond donors (Lipinski definition) is 0. The fourth-order valence-corrected chi connectivity index (χ4v) is 2.77. The lowest BCUT2D eigenvalue weighted by molar-refractivity contribution is 0.0361. The van der Waals surface area contributed by atoms with Crippen LogP contribution in [0.25, 0.3) is 0 Å². The van der Waals surface area contributed by atoms with E-state index in [0.717, 1.165) is 6.61 Å². The van der Waals surface area contributed by atoms with Crippen LogP contribution in [0.1, 0.15) is 90.4 Å². The van der Waals surface area contributed by atoms with Gasteiger partial charge in [-0.15, -0.1) is 0 Å². The largest absolute Gasteiger partial charge is 0.378 e. The Labute approximate surface area is 120 Å². The molecule has 1 saturated heterocycles. The molecule has 0 aromatic heterocycles. The zero-order valence-corrected chi connectivity index (χ0v) is 13.0. The van der Waals surface area contributed by atoms with Crippen LogP contribution in [0, 0.1) is 0 Å². The third-order valence-corrected chi connectivity index (χ3v) is 4.07. The monoisotopic (exact) mass is 266 g/mol. The molecule has 0 bridgehead atoms. The normalized spacial score (nSPS) is 22.7. The Kier molecular flexibility index (Phi) is 11.2. The Hall–Kier alpha value is -0.300. The molecular formula is C18H34O. The van der Waals surface area contributed by atoms with Crippen molar-refractivity contribution in [2.75, 3.05) is 6.61 Å². The van der Waals surface area contributed by atoms with Gasteiger partial charge in [0.2, 0.25) is 0 Å². The molecule has 0 N–H and O–H groups in total. The van der Waals surface area contributed by atoms with E-state index in [2.05, 4.69) is 19.1 Å². The van der Waals surface area contributed by atoms with E-state index in [0.29, 0.717) is 6.10 Å². The van der Waals surface area contributed by atoms with E-state index in [1.807, 2.05) is 0 Å². The number of ether oxygens (including phenoxy) is 1. The van der Waals surface area contributed by atoms with Crippen molar-refractivity contribution in [3.05, 3.63) is 12.2 Å². The molecule has 1 heterocycles. The van der Waals surface area contributed by atoms with Crippen LogP contribution < -0.4 is 0 Å². The van der Waals surface area contributed by atoms with E-state index in [1.54, 1.807) is 0 Å². The second-order valence-corrected chi connectivity index (χ2v) is 5.95. The van der Waals surface area contributed by atoms with Gasteiger partial charge in [-0.1, -0.05) is 64.0 Å². The zero-order valence-electron chi connectivity index (χ0n) is 13.0. The Morgan fingerprint density at radius 3 is 2.47 bits per heavy atom. The minimum absolute atomic E-state index is 0.526. The third-order valence-electron chi connectivity index (χ3n) is 4.07. The van der Waals surface area contributed by atoms with Gasteiger partial charge in [-0.05, 0) is 38.5 Å². The lowest BCUT2D eigenvalue weighted by Gasteiger charge is -2.18. The first-order valence-electron chi connectivity index (χ1n) is 8.70. The van der Waals surface area contributed by atoms with Crippen LogP contribution in [0.4, 0.5) is 0 Å². The van der Waals surface area contributed by atoms with Crippen molar-refractivity contribution in [1.82, 2.24) is 0 Å². The van der Waals surface area contributed by atoms with E-state index >= 15 is 0 Å². The summed E-state index contributed by atoms with van der Waals surface area (Å²) >= 11 is 0. The van der Waals surface area contributed by atoms with Crippen LogP contribution in [0.3, 0.4) is 0 Å². The summed E-state index contributed by atoms with van der Waals surface area (Å²) in [6, 6.07) is 0. The average Bonchev–Trinajstić information content (AvgIpc) is 2.44. The molecule has 1 nitrogen and oxygen atoms in total. The van der Waals surface area contributed by atoms with Crippen LogP contribution in [0.15, 0.2) is 12.2 Å². The molecule has 0 aromatic carbocycles. The zero-order chi connectivity index (χ0) is 13.6. The minimum Gasteiger partial charge on any atom is -0.378 e. The summed E-state index contributed by atoms with van der Waals surface area (Å²) in [7, 11) is 0. The van der Waals surface area contributed by atoms with Gasteiger partial charge >= 0.3 is 0 Å². The molecule has 112 valence electrons. The molecule has 1 rings (SSSR count). The molecule has 1 aliphatic heterocycles. The molecular weight excluding hydrogens is 232 g/mol. The highest BCUT2D eigenvalue weighted by atomic mass is 16.5. The second kappa shape index (κ2) is 12.7. The summed E-state index contributed by atoms with van der Waals surface area (Å²) in [5.41, 5.74) is 0. The van der Waals surface area contributed by atoms with E-state index < -0.39 is 0 Å². The summed E-state index contributed by atoms with van der Waals surface area (Å²) < 4.78 is 6.03. The first-order valence-corrected chi connectivity index (χ1v) is 8.70. The maximum absolute atomic E-state index is 6.03. The Balaban J connectivity index is 2.07. The fourth-order valence-electron chi connectivity index (χ4n) is 2.77. The van der Waals surface area contributed by atoms with Gasteiger partial charge in [0.05, 0.1) is 6.10 Å². The predicted molar refractivity (Wildman–Crippen MR) is 84.6 cm³/mol. The Bertz CT molecular complexity index is 200. The van der Waals surface area contributed by atoms with Gasteiger partial charge in [0, 0.05) is 6.61 Å². The first kappa shape index (κ1) is 16.8. The SMILES string of the molecule is CCCCC/C=C\CCC1CCCCCCCCO1. The van der Waals surface area contributed by atoms with Gasteiger partial charge in [0.25, 0.3) is 0 Å². The first-order chi connectivity index (χ1) is 9.43. The highest BCUT2D eigenvalue weighted by Crippen LogP contribution is 2.17. The summed E-state index contributed by atoms with van der Waals surface area (Å²) in [4.78, 5) is 0. The predicted octanol–water partition coefficient (Wildman–Crippen LogP) is 6.03. The second-order valence-electron chi connectivity index (χ2n) is 5.95. The van der Waals surface area contributed by atoms with Gasteiger partial charge in [-0.3, -0.25) is 0 Å². The van der Waals surface area contributed by atoms with Crippen LogP contribution in [-0.4, -0.2) is 12.7 Å². The Morgan fingerprint density at radius 1 is 0.895 bits per heavy atom. The summed E-state index contributed by atoms with van der Waals surface area (Å²) in [5.74, 6) is 0. The van der Waals surface area contributed by atoms with Crippen LogP contribution in [-0.2, 0) is 4.74 Å². The molecule has 0 aliphatic carbocycles. The average molecular weight is 266 g/mol. The van der Waals surface area contributed by atoms with Gasteiger partial charge < -0.3 is 4.74 Å². The smallest absolute Gasteiger partial charge is 0.0578 e. The summed E-state index contributed by atoms with van der Waals surface area (Å²) in [6.45, 7) is 3.26. The van der Waals surface area contributed by atoms with Gasteiger partial charge in [0.15, 0.2) is 0 Å². The lowest BCUT2D eigenvalue weighted by atomic mass is 10.0. The molecule has 1 unspecified atom stereocenters. The van der Waals surface area contributed by atoms with E-state index in [-0.39, 0.29) is 0 Å². The van der Waals surface area contributed by atoms with Crippen LogP contribution in [0.5, 0.6) is 0 Å². The highest BCUT2D eigenvalue weighted by molar-refractivity contribution is 4.82. The summed E-state index contributed by atoms with van der Waals surface area (Å²) in [5, 5.41) is 0.